The van der Waals surface area contributed by atoms with Crippen LogP contribution in [0.2, 0.25) is 5.02 Å². The first kappa shape index (κ1) is 10.9. The molecule has 0 aliphatic carbocycles. The molecule has 3 heteroatoms. The first-order valence-electron chi connectivity index (χ1n) is 5.39. The fourth-order valence-corrected chi connectivity index (χ4v) is 2.26. The van der Waals surface area contributed by atoms with Gasteiger partial charge >= 0.3 is 0 Å². The van der Waals surface area contributed by atoms with Crippen LogP contribution in [0.5, 0.6) is 0 Å². The number of benzene rings is 1. The lowest BCUT2D eigenvalue weighted by Crippen LogP contribution is -2.31. The van der Waals surface area contributed by atoms with Crippen LogP contribution in [0.3, 0.4) is 0 Å². The maximum Gasteiger partial charge on any atom is 0.0587 e. The zero-order valence-electron chi connectivity index (χ0n) is 8.69. The highest BCUT2D eigenvalue weighted by molar-refractivity contribution is 6.30. The zero-order valence-corrected chi connectivity index (χ0v) is 9.45. The Morgan fingerprint density at radius 2 is 2.07 bits per heavy atom. The quantitative estimate of drug-likeness (QED) is 0.854. The molecule has 0 saturated carbocycles. The highest BCUT2D eigenvalue weighted by Crippen LogP contribution is 2.20. The van der Waals surface area contributed by atoms with Crippen molar-refractivity contribution >= 4 is 11.6 Å². The molecule has 1 heterocycles. The molecule has 0 spiro atoms. The van der Waals surface area contributed by atoms with E-state index in [1.54, 1.807) is 0 Å². The molecule has 82 valence electrons. The molecule has 2 rings (SSSR count). The second-order valence-electron chi connectivity index (χ2n) is 4.08. The average Bonchev–Trinajstić information content (AvgIpc) is 2.69. The molecular weight excluding hydrogens is 210 g/mol. The molecule has 0 aromatic heterocycles. The topological polar surface area (TPSA) is 23.5 Å². The van der Waals surface area contributed by atoms with Crippen molar-refractivity contribution in [3.8, 4) is 0 Å². The molecule has 1 aromatic carbocycles. The molecule has 1 fully saturated rings. The summed E-state index contributed by atoms with van der Waals surface area (Å²) < 4.78 is 0. The standard InChI is InChI=1S/C12H16ClNO/c13-11-5-3-10(4-6-11)8-14-7-1-2-12(14)9-15/h3-6,12,15H,1-2,7-9H2/t12-/m1/s1. The molecule has 15 heavy (non-hydrogen) atoms. The molecule has 0 radical (unpaired) electrons. The smallest absolute Gasteiger partial charge is 0.0587 e. The Balaban J connectivity index is 1.99. The molecule has 1 atom stereocenters. The average molecular weight is 226 g/mol. The van der Waals surface area contributed by atoms with E-state index in [9.17, 15) is 5.11 Å². The predicted molar refractivity (Wildman–Crippen MR) is 62.0 cm³/mol. The second-order valence-corrected chi connectivity index (χ2v) is 4.51. The van der Waals surface area contributed by atoms with Crippen molar-refractivity contribution in [2.45, 2.75) is 25.4 Å². The van der Waals surface area contributed by atoms with E-state index in [0.29, 0.717) is 6.04 Å². The maximum atomic E-state index is 9.20. The Kier molecular flexibility index (Phi) is 3.62. The number of hydrogen-bond donors (Lipinski definition) is 1. The van der Waals surface area contributed by atoms with E-state index >= 15 is 0 Å². The van der Waals surface area contributed by atoms with Crippen LogP contribution < -0.4 is 0 Å². The largest absolute Gasteiger partial charge is 0.395 e. The van der Waals surface area contributed by atoms with Crippen LogP contribution in [0.25, 0.3) is 0 Å². The Hall–Kier alpha value is -0.570. The van der Waals surface area contributed by atoms with Gasteiger partial charge in [-0.1, -0.05) is 23.7 Å². The molecule has 1 N–H and O–H groups in total. The summed E-state index contributed by atoms with van der Waals surface area (Å²) in [5.41, 5.74) is 1.26. The molecule has 1 aromatic rings. The van der Waals surface area contributed by atoms with Crippen LogP contribution in [0.1, 0.15) is 18.4 Å². The number of aliphatic hydroxyl groups excluding tert-OH is 1. The molecule has 0 bridgehead atoms. The minimum Gasteiger partial charge on any atom is -0.395 e. The van der Waals surface area contributed by atoms with E-state index in [0.717, 1.165) is 24.5 Å². The second kappa shape index (κ2) is 4.97. The highest BCUT2D eigenvalue weighted by atomic mass is 35.5. The molecule has 0 unspecified atom stereocenters. The van der Waals surface area contributed by atoms with Gasteiger partial charge in [-0.2, -0.15) is 0 Å². The van der Waals surface area contributed by atoms with Crippen LogP contribution in [0.15, 0.2) is 24.3 Å². The Morgan fingerprint density at radius 1 is 1.33 bits per heavy atom. The number of halogens is 1. The monoisotopic (exact) mass is 225 g/mol. The van der Waals surface area contributed by atoms with Gasteiger partial charge in [-0.25, -0.2) is 0 Å². The number of aliphatic hydroxyl groups is 1. The number of hydrogen-bond acceptors (Lipinski definition) is 2. The lowest BCUT2D eigenvalue weighted by molar-refractivity contribution is 0.153. The summed E-state index contributed by atoms with van der Waals surface area (Å²) in [5, 5.41) is 9.97. The van der Waals surface area contributed by atoms with E-state index in [1.807, 2.05) is 12.1 Å². The lowest BCUT2D eigenvalue weighted by atomic mass is 10.2. The molecule has 1 aliphatic rings. The minimum absolute atomic E-state index is 0.271. The van der Waals surface area contributed by atoms with Gasteiger partial charge in [0.25, 0.3) is 0 Å². The van der Waals surface area contributed by atoms with Gasteiger partial charge in [0, 0.05) is 17.6 Å². The van der Waals surface area contributed by atoms with Crippen molar-refractivity contribution in [1.29, 1.82) is 0 Å². The summed E-state index contributed by atoms with van der Waals surface area (Å²) in [6.45, 7) is 2.28. The fraction of sp³-hybridized carbons (Fsp3) is 0.500. The Bertz CT molecular complexity index is 312. The van der Waals surface area contributed by atoms with Gasteiger partial charge in [-0.3, -0.25) is 4.90 Å². The van der Waals surface area contributed by atoms with E-state index in [4.69, 9.17) is 11.6 Å². The molecule has 2 nitrogen and oxygen atoms in total. The van der Waals surface area contributed by atoms with Crippen molar-refractivity contribution in [2.24, 2.45) is 0 Å². The summed E-state index contributed by atoms with van der Waals surface area (Å²) in [6.07, 6.45) is 2.31. The Labute approximate surface area is 95.5 Å². The van der Waals surface area contributed by atoms with Gasteiger partial charge in [0.1, 0.15) is 0 Å². The van der Waals surface area contributed by atoms with Gasteiger partial charge < -0.3 is 5.11 Å². The normalized spacial score (nSPS) is 22.1. The number of nitrogens with zero attached hydrogens (tertiary/aromatic N) is 1. The zero-order chi connectivity index (χ0) is 10.7. The van der Waals surface area contributed by atoms with Crippen molar-refractivity contribution in [2.75, 3.05) is 13.2 Å². The third-order valence-corrected chi connectivity index (χ3v) is 3.26. The third kappa shape index (κ3) is 2.71. The van der Waals surface area contributed by atoms with Crippen molar-refractivity contribution in [1.82, 2.24) is 4.90 Å². The molecule has 0 amide bonds. The van der Waals surface area contributed by atoms with Gasteiger partial charge in [-0.15, -0.1) is 0 Å². The molecule has 1 saturated heterocycles. The first-order chi connectivity index (χ1) is 7.29. The summed E-state index contributed by atoms with van der Waals surface area (Å²) in [5.74, 6) is 0. The maximum absolute atomic E-state index is 9.20. The van der Waals surface area contributed by atoms with E-state index in [2.05, 4.69) is 17.0 Å². The summed E-state index contributed by atoms with van der Waals surface area (Å²) >= 11 is 5.83. The molecular formula is C12H16ClNO. The van der Waals surface area contributed by atoms with Crippen LogP contribution in [0, 0.1) is 0 Å². The summed E-state index contributed by atoms with van der Waals surface area (Å²) in [4.78, 5) is 2.34. The number of rotatable bonds is 3. The van der Waals surface area contributed by atoms with Crippen LogP contribution in [-0.4, -0.2) is 29.2 Å². The SMILES string of the molecule is OC[C@H]1CCCN1Cc1ccc(Cl)cc1. The van der Waals surface area contributed by atoms with E-state index < -0.39 is 0 Å². The van der Waals surface area contributed by atoms with E-state index in [-0.39, 0.29) is 6.61 Å². The van der Waals surface area contributed by atoms with E-state index in [1.165, 1.54) is 12.0 Å². The summed E-state index contributed by atoms with van der Waals surface area (Å²) in [7, 11) is 0. The van der Waals surface area contributed by atoms with Crippen molar-refractivity contribution in [3.05, 3.63) is 34.9 Å². The fourth-order valence-electron chi connectivity index (χ4n) is 2.13. The Morgan fingerprint density at radius 3 is 2.73 bits per heavy atom. The van der Waals surface area contributed by atoms with Gasteiger partial charge in [0.05, 0.1) is 6.61 Å². The van der Waals surface area contributed by atoms with Gasteiger partial charge in [-0.05, 0) is 37.1 Å². The number of likely N-dealkylation sites (tertiary alicyclic amines) is 1. The summed E-state index contributed by atoms with van der Waals surface area (Å²) in [6, 6.07) is 8.28. The highest BCUT2D eigenvalue weighted by Gasteiger charge is 2.23. The molecule has 1 aliphatic heterocycles. The van der Waals surface area contributed by atoms with Crippen LogP contribution in [0.4, 0.5) is 0 Å². The van der Waals surface area contributed by atoms with Crippen LogP contribution in [-0.2, 0) is 6.54 Å². The minimum atomic E-state index is 0.271. The first-order valence-corrected chi connectivity index (χ1v) is 5.77. The predicted octanol–water partition coefficient (Wildman–Crippen LogP) is 2.30. The van der Waals surface area contributed by atoms with Gasteiger partial charge in [0.15, 0.2) is 0 Å². The van der Waals surface area contributed by atoms with Gasteiger partial charge in [0.2, 0.25) is 0 Å². The van der Waals surface area contributed by atoms with Crippen LogP contribution >= 0.6 is 11.6 Å². The lowest BCUT2D eigenvalue weighted by Gasteiger charge is -2.22. The van der Waals surface area contributed by atoms with Crippen molar-refractivity contribution in [3.63, 3.8) is 0 Å². The third-order valence-electron chi connectivity index (χ3n) is 3.01. The van der Waals surface area contributed by atoms with Crippen molar-refractivity contribution < 1.29 is 5.11 Å².